The molecule has 1 aliphatic heterocycles. The molecule has 0 atom stereocenters. The topological polar surface area (TPSA) is 52.6 Å². The van der Waals surface area contributed by atoms with Crippen molar-refractivity contribution in [2.45, 2.75) is 39.2 Å². The van der Waals surface area contributed by atoms with Crippen molar-refractivity contribution in [2.75, 3.05) is 33.2 Å². The Hall–Kier alpha value is -1.14. The number of aryl methyl sites for hydroxylation is 1. The highest BCUT2D eigenvalue weighted by Crippen LogP contribution is 2.10. The Morgan fingerprint density at radius 1 is 1.33 bits per heavy atom. The number of rotatable bonds is 7. The van der Waals surface area contributed by atoms with E-state index in [2.05, 4.69) is 32.4 Å². The molecule has 1 aromatic rings. The average Bonchev–Trinajstić information content (AvgIpc) is 3.13. The van der Waals surface area contributed by atoms with Crippen molar-refractivity contribution in [2.24, 2.45) is 4.99 Å². The van der Waals surface area contributed by atoms with Gasteiger partial charge >= 0.3 is 0 Å². The van der Waals surface area contributed by atoms with Crippen LogP contribution < -0.4 is 10.6 Å². The molecule has 0 bridgehead atoms. The zero-order valence-electron chi connectivity index (χ0n) is 13.2. The molecule has 1 saturated heterocycles. The van der Waals surface area contributed by atoms with Crippen molar-refractivity contribution < 1.29 is 0 Å². The van der Waals surface area contributed by atoms with Gasteiger partial charge < -0.3 is 15.5 Å². The molecule has 21 heavy (non-hydrogen) atoms. The van der Waals surface area contributed by atoms with Crippen molar-refractivity contribution in [3.05, 3.63) is 16.1 Å². The largest absolute Gasteiger partial charge is 0.356 e. The lowest BCUT2D eigenvalue weighted by atomic mass is 10.3. The third-order valence-electron chi connectivity index (χ3n) is 3.69. The zero-order chi connectivity index (χ0) is 14.9. The fraction of sp³-hybridized carbons (Fsp3) is 0.733. The molecule has 0 aromatic carbocycles. The second kappa shape index (κ2) is 9.00. The van der Waals surface area contributed by atoms with E-state index >= 15 is 0 Å². The maximum absolute atomic E-state index is 4.34. The molecule has 5 nitrogen and oxygen atoms in total. The average molecular weight is 309 g/mol. The maximum Gasteiger partial charge on any atom is 0.191 e. The van der Waals surface area contributed by atoms with Crippen LogP contribution in [0.25, 0.3) is 0 Å². The van der Waals surface area contributed by atoms with Gasteiger partial charge in [0, 0.05) is 24.7 Å². The molecule has 2 N–H and O–H groups in total. The Morgan fingerprint density at radius 3 is 2.81 bits per heavy atom. The van der Waals surface area contributed by atoms with Crippen LogP contribution in [-0.4, -0.2) is 49.1 Å². The number of thiazole rings is 1. The van der Waals surface area contributed by atoms with Gasteiger partial charge in [0.25, 0.3) is 0 Å². The fourth-order valence-electron chi connectivity index (χ4n) is 2.54. The Bertz CT molecular complexity index is 437. The molecular formula is C15H27N5S. The van der Waals surface area contributed by atoms with Crippen LogP contribution in [0.5, 0.6) is 0 Å². The number of aromatic nitrogens is 1. The summed E-state index contributed by atoms with van der Waals surface area (Å²) in [5.74, 6) is 0.865. The lowest BCUT2D eigenvalue weighted by molar-refractivity contribution is 0.330. The van der Waals surface area contributed by atoms with Crippen LogP contribution in [0, 0.1) is 6.92 Å². The standard InChI is InChI=1S/C15H27N5S/c1-13-11-18-14(21-13)12-19-15(16-2)17-7-3-4-8-20-9-5-6-10-20/h11H,3-10,12H2,1-2H3,(H2,16,17,19). The van der Waals surface area contributed by atoms with Crippen molar-refractivity contribution in [3.8, 4) is 0 Å². The molecular weight excluding hydrogens is 282 g/mol. The van der Waals surface area contributed by atoms with Crippen molar-refractivity contribution in [1.29, 1.82) is 0 Å². The summed E-state index contributed by atoms with van der Waals surface area (Å²) in [6.07, 6.45) is 7.12. The van der Waals surface area contributed by atoms with Crippen LogP contribution in [-0.2, 0) is 6.54 Å². The molecule has 1 fully saturated rings. The minimum atomic E-state index is 0.742. The molecule has 0 amide bonds. The van der Waals surface area contributed by atoms with Gasteiger partial charge in [-0.1, -0.05) is 0 Å². The number of guanidine groups is 1. The van der Waals surface area contributed by atoms with E-state index in [1.54, 1.807) is 11.3 Å². The molecule has 1 aromatic heterocycles. The second-order valence-corrected chi connectivity index (χ2v) is 6.79. The van der Waals surface area contributed by atoms with Gasteiger partial charge in [0.1, 0.15) is 5.01 Å². The van der Waals surface area contributed by atoms with Gasteiger partial charge in [-0.15, -0.1) is 11.3 Å². The molecule has 0 saturated carbocycles. The number of nitrogens with zero attached hydrogens (tertiary/aromatic N) is 3. The molecule has 0 aliphatic carbocycles. The van der Waals surface area contributed by atoms with Gasteiger partial charge in [-0.3, -0.25) is 4.99 Å². The highest BCUT2D eigenvalue weighted by atomic mass is 32.1. The molecule has 0 spiro atoms. The summed E-state index contributed by atoms with van der Waals surface area (Å²) >= 11 is 1.72. The summed E-state index contributed by atoms with van der Waals surface area (Å²) < 4.78 is 0. The van der Waals surface area contributed by atoms with E-state index in [1.165, 1.54) is 50.2 Å². The van der Waals surface area contributed by atoms with Crippen molar-refractivity contribution >= 4 is 17.3 Å². The van der Waals surface area contributed by atoms with E-state index in [4.69, 9.17) is 0 Å². The predicted octanol–water partition coefficient (Wildman–Crippen LogP) is 1.99. The van der Waals surface area contributed by atoms with E-state index in [-0.39, 0.29) is 0 Å². The first-order valence-corrected chi connectivity index (χ1v) is 8.68. The van der Waals surface area contributed by atoms with Crippen LogP contribution in [0.15, 0.2) is 11.2 Å². The fourth-order valence-corrected chi connectivity index (χ4v) is 3.26. The summed E-state index contributed by atoms with van der Waals surface area (Å²) in [5.41, 5.74) is 0. The Kier molecular flexibility index (Phi) is 6.95. The van der Waals surface area contributed by atoms with Gasteiger partial charge in [-0.05, 0) is 52.2 Å². The molecule has 6 heteroatoms. The summed E-state index contributed by atoms with van der Waals surface area (Å²) in [7, 11) is 1.81. The number of aliphatic imine (C=N–C) groups is 1. The number of unbranched alkanes of at least 4 members (excludes halogenated alkanes) is 1. The maximum atomic E-state index is 4.34. The number of nitrogens with one attached hydrogen (secondary N) is 2. The molecule has 1 aliphatic rings. The first-order valence-electron chi connectivity index (χ1n) is 7.86. The highest BCUT2D eigenvalue weighted by Gasteiger charge is 2.10. The third-order valence-corrected chi connectivity index (χ3v) is 4.60. The monoisotopic (exact) mass is 309 g/mol. The van der Waals surface area contributed by atoms with Crippen molar-refractivity contribution in [3.63, 3.8) is 0 Å². The van der Waals surface area contributed by atoms with E-state index in [0.29, 0.717) is 0 Å². The van der Waals surface area contributed by atoms with E-state index in [1.807, 2.05) is 13.2 Å². The van der Waals surface area contributed by atoms with Gasteiger partial charge in [0.05, 0.1) is 6.54 Å². The van der Waals surface area contributed by atoms with Gasteiger partial charge in [-0.2, -0.15) is 0 Å². The van der Waals surface area contributed by atoms with Gasteiger partial charge in [-0.25, -0.2) is 4.98 Å². The number of likely N-dealkylation sites (tertiary alicyclic amines) is 1. The van der Waals surface area contributed by atoms with Crippen LogP contribution >= 0.6 is 11.3 Å². The second-order valence-electron chi connectivity index (χ2n) is 5.47. The number of hydrogen-bond acceptors (Lipinski definition) is 4. The lowest BCUT2D eigenvalue weighted by Gasteiger charge is -2.15. The molecule has 2 heterocycles. The molecule has 0 radical (unpaired) electrons. The van der Waals surface area contributed by atoms with Crippen LogP contribution in [0.1, 0.15) is 35.6 Å². The minimum absolute atomic E-state index is 0.742. The SMILES string of the molecule is CN=C(NCCCCN1CCCC1)NCc1ncc(C)s1. The van der Waals surface area contributed by atoms with Crippen LogP contribution in [0.4, 0.5) is 0 Å². The first kappa shape index (κ1) is 16.2. The van der Waals surface area contributed by atoms with Crippen LogP contribution in [0.3, 0.4) is 0 Å². The smallest absolute Gasteiger partial charge is 0.191 e. The summed E-state index contributed by atoms with van der Waals surface area (Å²) in [4.78, 5) is 12.4. The van der Waals surface area contributed by atoms with Gasteiger partial charge in [0.15, 0.2) is 5.96 Å². The van der Waals surface area contributed by atoms with Gasteiger partial charge in [0.2, 0.25) is 0 Å². The predicted molar refractivity (Wildman–Crippen MR) is 90.0 cm³/mol. The molecule has 118 valence electrons. The third kappa shape index (κ3) is 6.01. The molecule has 2 rings (SSSR count). The quantitative estimate of drug-likeness (QED) is 0.459. The van der Waals surface area contributed by atoms with E-state index in [9.17, 15) is 0 Å². The minimum Gasteiger partial charge on any atom is -0.356 e. The molecule has 0 unspecified atom stereocenters. The lowest BCUT2D eigenvalue weighted by Crippen LogP contribution is -2.37. The zero-order valence-corrected chi connectivity index (χ0v) is 14.0. The Morgan fingerprint density at radius 2 is 2.14 bits per heavy atom. The summed E-state index contributed by atoms with van der Waals surface area (Å²) in [6, 6.07) is 0. The normalized spacial score (nSPS) is 16.4. The summed E-state index contributed by atoms with van der Waals surface area (Å²) in [5, 5.41) is 7.78. The van der Waals surface area contributed by atoms with E-state index in [0.717, 1.165) is 24.1 Å². The highest BCUT2D eigenvalue weighted by molar-refractivity contribution is 7.11. The number of hydrogen-bond donors (Lipinski definition) is 2. The Labute approximate surface area is 131 Å². The van der Waals surface area contributed by atoms with Crippen LogP contribution in [0.2, 0.25) is 0 Å². The Balaban J connectivity index is 1.55. The first-order chi connectivity index (χ1) is 10.3. The summed E-state index contributed by atoms with van der Waals surface area (Å²) in [6.45, 7) is 7.63. The van der Waals surface area contributed by atoms with E-state index < -0.39 is 0 Å². The van der Waals surface area contributed by atoms with Crippen molar-refractivity contribution in [1.82, 2.24) is 20.5 Å².